The highest BCUT2D eigenvalue weighted by Gasteiger charge is 2.15. The van der Waals surface area contributed by atoms with Gasteiger partial charge in [0.25, 0.3) is 0 Å². The van der Waals surface area contributed by atoms with E-state index in [9.17, 15) is 14.0 Å². The minimum atomic E-state index is -0.297. The zero-order valence-corrected chi connectivity index (χ0v) is 14.6. The van der Waals surface area contributed by atoms with E-state index in [-0.39, 0.29) is 30.1 Å². The van der Waals surface area contributed by atoms with E-state index in [2.05, 4.69) is 15.5 Å². The number of hydrogen-bond donors (Lipinski definition) is 2. The minimum Gasteiger partial charge on any atom is -0.379 e. The van der Waals surface area contributed by atoms with Crippen LogP contribution in [0.2, 0.25) is 0 Å². The Bertz CT molecular complexity index is 559. The second-order valence-corrected chi connectivity index (χ2v) is 6.25. The van der Waals surface area contributed by atoms with Crippen molar-refractivity contribution in [1.82, 2.24) is 15.5 Å². The average molecular weight is 351 g/mol. The van der Waals surface area contributed by atoms with Crippen LogP contribution in [0.4, 0.5) is 4.39 Å². The standard InChI is InChI=1S/C18H26FN3O3/c1-14(12-15-2-4-16(19)5-3-15)18(24)21-13-17(23)20-6-7-22-8-10-25-11-9-22/h2-5,14H,6-13H2,1H3,(H,20,23)(H,21,24). The van der Waals surface area contributed by atoms with Gasteiger partial charge in [0.05, 0.1) is 19.8 Å². The van der Waals surface area contributed by atoms with Gasteiger partial charge in [-0.15, -0.1) is 0 Å². The number of halogens is 1. The van der Waals surface area contributed by atoms with E-state index in [4.69, 9.17) is 4.74 Å². The van der Waals surface area contributed by atoms with Gasteiger partial charge >= 0.3 is 0 Å². The summed E-state index contributed by atoms with van der Waals surface area (Å²) in [4.78, 5) is 26.1. The third-order valence-corrected chi connectivity index (χ3v) is 4.18. The summed E-state index contributed by atoms with van der Waals surface area (Å²) in [6, 6.07) is 6.08. The highest BCUT2D eigenvalue weighted by Crippen LogP contribution is 2.09. The summed E-state index contributed by atoms with van der Waals surface area (Å²) in [6.07, 6.45) is 0.505. The van der Waals surface area contributed by atoms with Crippen LogP contribution in [-0.2, 0) is 20.7 Å². The molecule has 2 rings (SSSR count). The number of morpholine rings is 1. The van der Waals surface area contributed by atoms with Gasteiger partial charge in [-0.25, -0.2) is 4.39 Å². The number of ether oxygens (including phenoxy) is 1. The van der Waals surface area contributed by atoms with Crippen molar-refractivity contribution in [2.24, 2.45) is 5.92 Å². The highest BCUT2D eigenvalue weighted by atomic mass is 19.1. The van der Waals surface area contributed by atoms with Crippen molar-refractivity contribution >= 4 is 11.8 Å². The lowest BCUT2D eigenvalue weighted by Crippen LogP contribution is -2.44. The topological polar surface area (TPSA) is 70.7 Å². The molecule has 1 unspecified atom stereocenters. The summed E-state index contributed by atoms with van der Waals surface area (Å²) >= 11 is 0. The molecule has 138 valence electrons. The molecule has 1 aliphatic heterocycles. The van der Waals surface area contributed by atoms with E-state index >= 15 is 0 Å². The molecule has 1 fully saturated rings. The largest absolute Gasteiger partial charge is 0.379 e. The Morgan fingerprint density at radius 3 is 2.56 bits per heavy atom. The van der Waals surface area contributed by atoms with Crippen LogP contribution in [0.15, 0.2) is 24.3 Å². The van der Waals surface area contributed by atoms with Crippen molar-refractivity contribution in [2.75, 3.05) is 45.9 Å². The quantitative estimate of drug-likeness (QED) is 0.718. The van der Waals surface area contributed by atoms with Gasteiger partial charge in [0, 0.05) is 32.1 Å². The van der Waals surface area contributed by atoms with Crippen LogP contribution in [0.25, 0.3) is 0 Å². The number of hydrogen-bond acceptors (Lipinski definition) is 4. The molecule has 0 aromatic heterocycles. The first kappa shape index (κ1) is 19.3. The molecule has 1 aliphatic rings. The SMILES string of the molecule is CC(Cc1ccc(F)cc1)C(=O)NCC(=O)NCCN1CCOCC1. The van der Waals surface area contributed by atoms with Crippen molar-refractivity contribution in [3.8, 4) is 0 Å². The van der Waals surface area contributed by atoms with Gasteiger partial charge < -0.3 is 15.4 Å². The maximum absolute atomic E-state index is 12.9. The smallest absolute Gasteiger partial charge is 0.239 e. The van der Waals surface area contributed by atoms with E-state index in [1.807, 2.05) is 0 Å². The third-order valence-electron chi connectivity index (χ3n) is 4.18. The van der Waals surface area contributed by atoms with Crippen LogP contribution in [0, 0.1) is 11.7 Å². The van der Waals surface area contributed by atoms with Gasteiger partial charge in [0.1, 0.15) is 5.82 Å². The normalized spacial score (nSPS) is 16.2. The van der Waals surface area contributed by atoms with Gasteiger partial charge in [0.2, 0.25) is 11.8 Å². The van der Waals surface area contributed by atoms with E-state index < -0.39 is 0 Å². The molecular formula is C18H26FN3O3. The monoisotopic (exact) mass is 351 g/mol. The maximum Gasteiger partial charge on any atom is 0.239 e. The van der Waals surface area contributed by atoms with Crippen LogP contribution in [0.3, 0.4) is 0 Å². The summed E-state index contributed by atoms with van der Waals surface area (Å²) < 4.78 is 18.1. The number of nitrogens with one attached hydrogen (secondary N) is 2. The first-order chi connectivity index (χ1) is 12.0. The van der Waals surface area contributed by atoms with E-state index in [0.717, 1.165) is 38.4 Å². The maximum atomic E-state index is 12.9. The predicted octanol–water partition coefficient (Wildman–Crippen LogP) is 0.569. The Morgan fingerprint density at radius 1 is 1.20 bits per heavy atom. The van der Waals surface area contributed by atoms with E-state index in [0.29, 0.717) is 13.0 Å². The second-order valence-electron chi connectivity index (χ2n) is 6.25. The van der Waals surface area contributed by atoms with Crippen LogP contribution in [-0.4, -0.2) is 62.7 Å². The summed E-state index contributed by atoms with van der Waals surface area (Å²) in [5.41, 5.74) is 0.888. The Kier molecular flexibility index (Phi) is 7.81. The number of carbonyl (C=O) groups is 2. The molecule has 1 saturated heterocycles. The molecule has 6 nitrogen and oxygen atoms in total. The fourth-order valence-electron chi connectivity index (χ4n) is 2.65. The summed E-state index contributed by atoms with van der Waals surface area (Å²) in [5.74, 6) is -0.968. The van der Waals surface area contributed by atoms with Gasteiger partial charge in [-0.3, -0.25) is 14.5 Å². The number of nitrogens with zero attached hydrogens (tertiary/aromatic N) is 1. The molecule has 2 amide bonds. The van der Waals surface area contributed by atoms with Crippen LogP contribution >= 0.6 is 0 Å². The van der Waals surface area contributed by atoms with Gasteiger partial charge in [-0.2, -0.15) is 0 Å². The number of benzene rings is 1. The zero-order chi connectivity index (χ0) is 18.1. The lowest BCUT2D eigenvalue weighted by Gasteiger charge is -2.26. The van der Waals surface area contributed by atoms with Crippen molar-refractivity contribution in [3.05, 3.63) is 35.6 Å². The highest BCUT2D eigenvalue weighted by molar-refractivity contribution is 5.85. The number of amides is 2. The molecule has 0 aliphatic carbocycles. The third kappa shape index (κ3) is 7.19. The molecule has 25 heavy (non-hydrogen) atoms. The Morgan fingerprint density at radius 2 is 1.88 bits per heavy atom. The molecule has 1 heterocycles. The molecule has 1 atom stereocenters. The van der Waals surface area contributed by atoms with E-state index in [1.54, 1.807) is 19.1 Å². The van der Waals surface area contributed by atoms with Crippen LogP contribution in [0.5, 0.6) is 0 Å². The molecular weight excluding hydrogens is 325 g/mol. The molecule has 7 heteroatoms. The molecule has 0 radical (unpaired) electrons. The molecule has 0 saturated carbocycles. The van der Waals surface area contributed by atoms with E-state index in [1.165, 1.54) is 12.1 Å². The average Bonchev–Trinajstić information content (AvgIpc) is 2.62. The Hall–Kier alpha value is -1.99. The first-order valence-corrected chi connectivity index (χ1v) is 8.63. The molecule has 0 bridgehead atoms. The number of rotatable bonds is 8. The summed E-state index contributed by atoms with van der Waals surface area (Å²) in [5, 5.41) is 5.45. The lowest BCUT2D eigenvalue weighted by atomic mass is 10.0. The predicted molar refractivity (Wildman–Crippen MR) is 92.5 cm³/mol. The fourth-order valence-corrected chi connectivity index (χ4v) is 2.65. The van der Waals surface area contributed by atoms with Gasteiger partial charge in [-0.1, -0.05) is 19.1 Å². The van der Waals surface area contributed by atoms with Crippen molar-refractivity contribution in [3.63, 3.8) is 0 Å². The fraction of sp³-hybridized carbons (Fsp3) is 0.556. The molecule has 1 aromatic rings. The lowest BCUT2D eigenvalue weighted by molar-refractivity contribution is -0.128. The zero-order valence-electron chi connectivity index (χ0n) is 14.6. The van der Waals surface area contributed by atoms with Crippen molar-refractivity contribution in [2.45, 2.75) is 13.3 Å². The first-order valence-electron chi connectivity index (χ1n) is 8.63. The van der Waals surface area contributed by atoms with Crippen molar-refractivity contribution < 1.29 is 18.7 Å². The van der Waals surface area contributed by atoms with Crippen LogP contribution in [0.1, 0.15) is 12.5 Å². The Balaban J connectivity index is 1.61. The summed E-state index contributed by atoms with van der Waals surface area (Å²) in [7, 11) is 0. The molecule has 1 aromatic carbocycles. The molecule has 2 N–H and O–H groups in total. The number of carbonyl (C=O) groups excluding carboxylic acids is 2. The molecule has 0 spiro atoms. The summed E-state index contributed by atoms with van der Waals surface area (Å²) in [6.45, 7) is 6.32. The van der Waals surface area contributed by atoms with Crippen molar-refractivity contribution in [1.29, 1.82) is 0 Å². The van der Waals surface area contributed by atoms with Crippen LogP contribution < -0.4 is 10.6 Å². The van der Waals surface area contributed by atoms with Gasteiger partial charge in [-0.05, 0) is 24.1 Å². The minimum absolute atomic E-state index is 0.0320. The second kappa shape index (κ2) is 10.1. The van der Waals surface area contributed by atoms with Gasteiger partial charge in [0.15, 0.2) is 0 Å². The Labute approximate surface area is 147 Å².